The van der Waals surface area contributed by atoms with E-state index in [0.29, 0.717) is 6.04 Å². The van der Waals surface area contributed by atoms with E-state index in [1.165, 1.54) is 6.42 Å². The zero-order valence-electron chi connectivity index (χ0n) is 8.19. The molecule has 0 spiro atoms. The Hall–Kier alpha value is -0.170. The standard InChI is InChI=1S/C7H17N.H2O4S/c1-4-6(2)5-7(3)8;1-5(2,3)4/h6-7H,4-5,8H2,1-3H3;(H2,1,2,3,4)/p-2. The Kier molecular flexibility index (Phi) is 8.54. The Balaban J connectivity index is 0. The largest absolute Gasteiger partial charge is 0.759 e. The summed E-state index contributed by atoms with van der Waals surface area (Å²) in [6.07, 6.45) is 2.41. The highest BCUT2D eigenvalue weighted by molar-refractivity contribution is 7.79. The van der Waals surface area contributed by atoms with Gasteiger partial charge in [-0.25, -0.2) is 0 Å². The molecule has 13 heavy (non-hydrogen) atoms. The van der Waals surface area contributed by atoms with Crippen LogP contribution in [0, 0.1) is 5.92 Å². The Labute approximate surface area is 79.9 Å². The van der Waals surface area contributed by atoms with Gasteiger partial charge in [0.1, 0.15) is 0 Å². The van der Waals surface area contributed by atoms with Crippen molar-refractivity contribution in [3.05, 3.63) is 0 Å². The second-order valence-electron chi connectivity index (χ2n) is 3.13. The van der Waals surface area contributed by atoms with Crippen molar-refractivity contribution < 1.29 is 17.5 Å². The second kappa shape index (κ2) is 7.25. The van der Waals surface area contributed by atoms with E-state index in [2.05, 4.69) is 20.8 Å². The lowest BCUT2D eigenvalue weighted by Gasteiger charge is -2.09. The SMILES string of the molecule is CCC(C)CC(C)N.O=S(=O)([O-])[O-]. The molecule has 0 saturated carbocycles. The van der Waals surface area contributed by atoms with Crippen LogP contribution in [0.25, 0.3) is 0 Å². The second-order valence-corrected chi connectivity index (χ2v) is 3.95. The van der Waals surface area contributed by atoms with Crippen LogP contribution in [0.15, 0.2) is 0 Å². The zero-order valence-corrected chi connectivity index (χ0v) is 9.00. The third-order valence-corrected chi connectivity index (χ3v) is 1.47. The first-order valence-electron chi connectivity index (χ1n) is 4.09. The molecule has 0 aromatic heterocycles. The van der Waals surface area contributed by atoms with Crippen LogP contribution in [-0.2, 0) is 10.4 Å². The number of hydrogen-bond donors (Lipinski definition) is 1. The van der Waals surface area contributed by atoms with Crippen LogP contribution < -0.4 is 5.73 Å². The molecule has 0 aliphatic heterocycles. The van der Waals surface area contributed by atoms with Gasteiger partial charge in [0.05, 0.1) is 0 Å². The molecular weight excluding hydrogens is 194 g/mol. The van der Waals surface area contributed by atoms with Gasteiger partial charge in [-0.2, -0.15) is 0 Å². The summed E-state index contributed by atoms with van der Waals surface area (Å²) in [4.78, 5) is 0. The van der Waals surface area contributed by atoms with Crippen LogP contribution in [0.1, 0.15) is 33.6 Å². The molecule has 0 amide bonds. The molecule has 2 unspecified atom stereocenters. The van der Waals surface area contributed by atoms with Crippen LogP contribution in [0.3, 0.4) is 0 Å². The van der Waals surface area contributed by atoms with Crippen molar-refractivity contribution in [3.63, 3.8) is 0 Å². The summed E-state index contributed by atoms with van der Waals surface area (Å²) in [5, 5.41) is 0. The molecule has 82 valence electrons. The van der Waals surface area contributed by atoms with E-state index in [0.717, 1.165) is 12.3 Å². The normalized spacial score (nSPS) is 15.5. The smallest absolute Gasteiger partial charge is 0.0311 e. The molecule has 0 aliphatic carbocycles. The van der Waals surface area contributed by atoms with E-state index in [-0.39, 0.29) is 0 Å². The van der Waals surface area contributed by atoms with Crippen molar-refractivity contribution in [2.45, 2.75) is 39.7 Å². The Bertz CT molecular complexity index is 193. The lowest BCUT2D eigenvalue weighted by atomic mass is 10.0. The fourth-order valence-corrected chi connectivity index (χ4v) is 0.801. The van der Waals surface area contributed by atoms with E-state index in [4.69, 9.17) is 23.3 Å². The van der Waals surface area contributed by atoms with Crippen molar-refractivity contribution >= 4 is 10.4 Å². The van der Waals surface area contributed by atoms with E-state index in [9.17, 15) is 0 Å². The minimum atomic E-state index is -5.17. The van der Waals surface area contributed by atoms with Crippen LogP contribution in [0.5, 0.6) is 0 Å². The molecule has 0 rings (SSSR count). The van der Waals surface area contributed by atoms with E-state index < -0.39 is 10.4 Å². The maximum atomic E-state index is 8.52. The zero-order chi connectivity index (χ0) is 11.1. The molecule has 0 bridgehead atoms. The molecule has 0 aliphatic rings. The fourth-order valence-electron chi connectivity index (χ4n) is 0.801. The van der Waals surface area contributed by atoms with Crippen molar-refractivity contribution in [2.75, 3.05) is 0 Å². The highest BCUT2D eigenvalue weighted by atomic mass is 32.3. The number of rotatable bonds is 3. The molecule has 2 atom stereocenters. The van der Waals surface area contributed by atoms with Gasteiger partial charge >= 0.3 is 0 Å². The van der Waals surface area contributed by atoms with Gasteiger partial charge in [-0.15, -0.1) is 0 Å². The van der Waals surface area contributed by atoms with Gasteiger partial charge in [0.25, 0.3) is 0 Å². The fraction of sp³-hybridized carbons (Fsp3) is 1.00. The van der Waals surface area contributed by atoms with Crippen molar-refractivity contribution in [1.29, 1.82) is 0 Å². The van der Waals surface area contributed by atoms with Gasteiger partial charge in [-0.05, 0) is 19.3 Å². The summed E-state index contributed by atoms with van der Waals surface area (Å²) >= 11 is 0. The molecule has 0 aromatic carbocycles. The first-order chi connectivity index (χ1) is 5.66. The third-order valence-electron chi connectivity index (χ3n) is 1.47. The minimum absolute atomic E-state index is 0.380. The van der Waals surface area contributed by atoms with Crippen molar-refractivity contribution in [3.8, 4) is 0 Å². The van der Waals surface area contributed by atoms with Gasteiger partial charge in [0.2, 0.25) is 0 Å². The maximum Gasteiger partial charge on any atom is 0.0311 e. The van der Waals surface area contributed by atoms with Crippen LogP contribution in [0.4, 0.5) is 0 Å². The Morgan fingerprint density at radius 1 is 1.31 bits per heavy atom. The van der Waals surface area contributed by atoms with Gasteiger partial charge < -0.3 is 14.8 Å². The third kappa shape index (κ3) is 33.6. The molecule has 0 fully saturated rings. The van der Waals surface area contributed by atoms with E-state index >= 15 is 0 Å². The molecule has 0 aromatic rings. The summed E-state index contributed by atoms with van der Waals surface area (Å²) in [5.41, 5.74) is 5.57. The van der Waals surface area contributed by atoms with Crippen molar-refractivity contribution in [1.82, 2.24) is 0 Å². The van der Waals surface area contributed by atoms with Gasteiger partial charge in [0, 0.05) is 16.4 Å². The lowest BCUT2D eigenvalue weighted by molar-refractivity contribution is 0.352. The number of nitrogens with two attached hydrogens (primary N) is 1. The van der Waals surface area contributed by atoms with E-state index in [1.54, 1.807) is 0 Å². The molecule has 6 heteroatoms. The average Bonchev–Trinajstić information content (AvgIpc) is 1.82. The summed E-state index contributed by atoms with van der Waals surface area (Å²) in [6, 6.07) is 0.380. The average molecular weight is 211 g/mol. The Morgan fingerprint density at radius 2 is 1.62 bits per heavy atom. The van der Waals surface area contributed by atoms with Crippen LogP contribution >= 0.6 is 0 Å². The molecule has 0 radical (unpaired) electrons. The highest BCUT2D eigenvalue weighted by Crippen LogP contribution is 2.07. The predicted molar refractivity (Wildman–Crippen MR) is 48.2 cm³/mol. The van der Waals surface area contributed by atoms with Gasteiger partial charge in [-0.3, -0.25) is 8.42 Å². The highest BCUT2D eigenvalue weighted by Gasteiger charge is 2.00. The molecule has 2 N–H and O–H groups in total. The lowest BCUT2D eigenvalue weighted by Crippen LogP contribution is -2.17. The quantitative estimate of drug-likeness (QED) is 0.538. The van der Waals surface area contributed by atoms with Crippen LogP contribution in [-0.4, -0.2) is 23.6 Å². The summed E-state index contributed by atoms with van der Waals surface area (Å²) in [5.74, 6) is 0.801. The summed E-state index contributed by atoms with van der Waals surface area (Å²) < 4.78 is 34.1. The molecule has 5 nitrogen and oxygen atoms in total. The predicted octanol–water partition coefficient (Wildman–Crippen LogP) is 0.432. The minimum Gasteiger partial charge on any atom is -0.759 e. The molecule has 0 saturated heterocycles. The number of hydrogen-bond acceptors (Lipinski definition) is 5. The Morgan fingerprint density at radius 3 is 1.69 bits per heavy atom. The topological polar surface area (TPSA) is 106 Å². The van der Waals surface area contributed by atoms with Gasteiger partial charge in [-0.1, -0.05) is 20.3 Å². The molecule has 0 heterocycles. The van der Waals surface area contributed by atoms with E-state index in [1.807, 2.05) is 0 Å². The summed E-state index contributed by atoms with van der Waals surface area (Å²) in [7, 11) is -5.17. The first kappa shape index (κ1) is 15.3. The first-order valence-corrected chi connectivity index (χ1v) is 5.42. The van der Waals surface area contributed by atoms with Crippen molar-refractivity contribution in [2.24, 2.45) is 11.7 Å². The summed E-state index contributed by atoms with van der Waals surface area (Å²) in [6.45, 7) is 6.50. The maximum absolute atomic E-state index is 8.52. The van der Waals surface area contributed by atoms with Crippen LogP contribution in [0.2, 0.25) is 0 Å². The monoisotopic (exact) mass is 211 g/mol. The molecular formula is C7H17NO4S-2. The van der Waals surface area contributed by atoms with Gasteiger partial charge in [0.15, 0.2) is 0 Å².